The molecule has 0 fully saturated rings. The number of allylic oxidation sites excluding steroid dienone is 6. The van der Waals surface area contributed by atoms with Crippen molar-refractivity contribution in [1.29, 1.82) is 0 Å². The average Bonchev–Trinajstić information content (AvgIpc) is 1.54. The number of nitrogens with zero attached hydrogens (tertiary/aromatic N) is 12. The van der Waals surface area contributed by atoms with Gasteiger partial charge in [0, 0.05) is 169 Å². The molecule has 0 amide bonds. The number of carbonyl (C=O) groups is 1. The summed E-state index contributed by atoms with van der Waals surface area (Å²) in [5, 5.41) is 22.2. The number of carbonyl (C=O) groups excluding carboxylic acids is 1. The number of ether oxygens (including phenoxy) is 1. The summed E-state index contributed by atoms with van der Waals surface area (Å²) >= 11 is 0. The third kappa shape index (κ3) is 20.7. The fourth-order valence-electron chi connectivity index (χ4n) is 20.6. The molecule has 28 rings (SSSR count). The zero-order valence-electron chi connectivity index (χ0n) is 83.4. The van der Waals surface area contributed by atoms with Crippen molar-refractivity contribution in [1.82, 2.24) is 39.2 Å². The molecule has 0 spiro atoms. The predicted molar refractivity (Wildman–Crippen MR) is 594 cm³/mol. The van der Waals surface area contributed by atoms with Gasteiger partial charge in [-0.05, 0) is 161 Å². The predicted octanol–water partition coefficient (Wildman–Crippen LogP) is 29.4. The van der Waals surface area contributed by atoms with Crippen molar-refractivity contribution >= 4 is 88.2 Å². The summed E-state index contributed by atoms with van der Waals surface area (Å²) in [6, 6.07) is 124. The van der Waals surface area contributed by atoms with Crippen LogP contribution in [0.3, 0.4) is 0 Å². The van der Waals surface area contributed by atoms with Gasteiger partial charge >= 0.3 is 0 Å². The van der Waals surface area contributed by atoms with Crippen LogP contribution in [0, 0.1) is 18.2 Å². The molecular formula is C130H115Ir2N12O4-. The van der Waals surface area contributed by atoms with Gasteiger partial charge in [0.25, 0.3) is 11.3 Å². The van der Waals surface area contributed by atoms with E-state index in [1.165, 1.54) is 148 Å². The van der Waals surface area contributed by atoms with Crippen molar-refractivity contribution in [2.45, 2.75) is 119 Å². The summed E-state index contributed by atoms with van der Waals surface area (Å²) < 4.78 is 18.9. The molecule has 0 bridgehead atoms. The van der Waals surface area contributed by atoms with E-state index in [-0.39, 0.29) is 59.2 Å². The molecule has 14 heterocycles. The van der Waals surface area contributed by atoms with E-state index in [0.29, 0.717) is 36.0 Å². The molecule has 148 heavy (non-hydrogen) atoms. The number of aliphatic hydroxyl groups is 1. The van der Waals surface area contributed by atoms with Gasteiger partial charge in [0.05, 0.1) is 39.7 Å². The topological polar surface area (TPSA) is 142 Å². The fourth-order valence-corrected chi connectivity index (χ4v) is 20.6. The van der Waals surface area contributed by atoms with E-state index in [4.69, 9.17) is 24.3 Å². The summed E-state index contributed by atoms with van der Waals surface area (Å²) in [6.07, 6.45) is 30.5. The van der Waals surface area contributed by atoms with Crippen LogP contribution in [0.25, 0.3) is 133 Å². The van der Waals surface area contributed by atoms with Gasteiger partial charge in [0.1, 0.15) is 55.1 Å². The number of benzene rings is 14. The summed E-state index contributed by atoms with van der Waals surface area (Å²) in [6.45, 7) is 22.2. The Morgan fingerprint density at radius 3 is 1.84 bits per heavy atom. The van der Waals surface area contributed by atoms with E-state index >= 15 is 0 Å². The van der Waals surface area contributed by atoms with Crippen molar-refractivity contribution in [2.24, 2.45) is 0 Å². The van der Waals surface area contributed by atoms with Crippen LogP contribution < -0.4 is 23.8 Å². The Labute approximate surface area is 892 Å². The Morgan fingerprint density at radius 1 is 0.520 bits per heavy atom. The van der Waals surface area contributed by atoms with Crippen molar-refractivity contribution in [3.05, 3.63) is 500 Å². The number of hydrogen-bond donors (Lipinski definition) is 1. The maximum atomic E-state index is 10.0. The largest absolute Gasteiger partial charge is 0.527 e. The zero-order valence-corrected chi connectivity index (χ0v) is 88.2. The van der Waals surface area contributed by atoms with Gasteiger partial charge in [-0.15, -0.1) is 88.6 Å². The van der Waals surface area contributed by atoms with Gasteiger partial charge in [-0.25, -0.2) is 4.57 Å². The third-order valence-electron chi connectivity index (χ3n) is 27.3. The van der Waals surface area contributed by atoms with Crippen molar-refractivity contribution in [3.63, 3.8) is 0 Å². The van der Waals surface area contributed by atoms with Gasteiger partial charge < -0.3 is 38.8 Å². The van der Waals surface area contributed by atoms with Crippen LogP contribution in [0.1, 0.15) is 125 Å². The number of rotatable bonds is 10. The summed E-state index contributed by atoms with van der Waals surface area (Å²) in [4.78, 5) is 34.9. The van der Waals surface area contributed by atoms with Crippen LogP contribution in [-0.2, 0) is 70.9 Å². The van der Waals surface area contributed by atoms with Crippen LogP contribution in [0.4, 0.5) is 11.4 Å². The summed E-state index contributed by atoms with van der Waals surface area (Å²) in [5.74, 6) is 3.62. The summed E-state index contributed by atoms with van der Waals surface area (Å²) in [5.41, 5.74) is 31.8. The quantitative estimate of drug-likeness (QED) is 0.0458. The van der Waals surface area contributed by atoms with Crippen molar-refractivity contribution in [2.75, 3.05) is 16.8 Å². The Hall–Kier alpha value is -16.3. The van der Waals surface area contributed by atoms with E-state index < -0.39 is 0 Å². The van der Waals surface area contributed by atoms with Crippen molar-refractivity contribution < 1.29 is 68.5 Å². The van der Waals surface area contributed by atoms with Gasteiger partial charge in [0.15, 0.2) is 11.4 Å². The number of anilines is 2. The standard InChI is InChI=1S/C27H18N.C22H25N2.C18H16N3.C17H14N2O.C15H10NO.C14H12N2.C11H8N.C5H8O2.CH4.2Ir/c1-4-10-20(11-5-1)23-16-17-26-25(18-23)24(21-12-6-2-7-13-21)19-27(28-26)22-14-8-3-9-15-22;1-15(2)18-10-7-11-19(16(3)4)21(18)24-13-12-23-14-17-8-5-6-9-20(17)22(23)24;1-11(2)21-19-17-15-8-4-3-7-13(15)14-9-5-6-12-10-20(21)18(17)16(12)14;1-18-8-9-19-15(18)10-11-6-7-13-12-4-2-3-5-14(12)20-17(13)16(11)19;1-11-13(14-7-4-5-9-16-14)10-12-6-2-3-8-15(12)17-11;1-2-7-13-11(5-1)9-14-15-8-4-3-6-12(15)10-16(13)14;1-2-6-10(7-3-1)11-8-4-5-9-12-11;1-4(6)3-5(2)7;;;/h1-14,16-19H;5-13,15-16H,14H2,1-4H3;3-9,11H,10H2,1-2H3;2-9,15H,10H2,1H3;2-9H,1H2;1-8,10,14H,9H2;1-6,8-9H;3,6H,1-2H3;1H4;;/q-1;2*+1;;-1;;-1;;;;. The van der Waals surface area contributed by atoms with Crippen LogP contribution in [0.15, 0.2) is 442 Å². The molecule has 16 nitrogen and oxygen atoms in total. The number of imidazole rings is 1. The molecular weight excluding hydrogens is 2180 g/mol. The molecule has 2 radical (unpaired) electrons. The molecule has 738 valence electrons. The van der Waals surface area contributed by atoms with E-state index in [1.807, 2.05) is 127 Å². The van der Waals surface area contributed by atoms with Crippen LogP contribution >= 0.6 is 0 Å². The first-order valence-electron chi connectivity index (χ1n) is 49.6. The molecule has 1 N–H and O–H groups in total. The molecule has 0 saturated carbocycles. The number of aromatic nitrogens is 8. The number of para-hydroxylation sites is 4. The first kappa shape index (κ1) is 102. The number of pyridine rings is 3. The Morgan fingerprint density at radius 2 is 1.15 bits per heavy atom. The van der Waals surface area contributed by atoms with E-state index in [0.717, 1.165) is 98.6 Å². The SMILES string of the molecule is C.C1=CC2=CN3c4ccccc4CC3N2C=C1.C=C1Oc2ccccc2[C-]=C1c1ccccn1.CC(=O)C=C(C)O.CC(C)c1cccc(C(C)C)c1-n1cc[n+]2c1-c1ccccc1C2.CC(C)n1nc2c3ccccc3c3cccc4c3c2[n+]1C4.CN1C=CN2c3c(ccc4c3oc3ccccc34)CC12.[Ir].[Ir].[c-]1ccccc1-c1cc(-c2ccccc2)c2cc(-c3ccccc3)ccc2n1.[c-]1ccccc1-c1ccccn1. The molecule has 18 heteroatoms. The fraction of sp³-hybridized carbons (Fsp3) is 0.146. The van der Waals surface area contributed by atoms with E-state index in [2.05, 4.69) is 389 Å². The van der Waals surface area contributed by atoms with Crippen molar-refractivity contribution in [3.8, 4) is 67.6 Å². The van der Waals surface area contributed by atoms with Gasteiger partial charge in [0.2, 0.25) is 5.52 Å². The first-order valence-corrected chi connectivity index (χ1v) is 49.6. The zero-order chi connectivity index (χ0) is 99.3. The number of fused-ring (bicyclic) bond motifs is 20. The third-order valence-corrected chi connectivity index (χ3v) is 27.3. The number of furan rings is 1. The van der Waals surface area contributed by atoms with Crippen LogP contribution in [0.2, 0.25) is 0 Å². The average molecular weight is 2290 g/mol. The number of ketones is 1. The molecule has 2 unspecified atom stereocenters. The minimum absolute atomic E-state index is 0. The Kier molecular flexibility index (Phi) is 31.0. The minimum atomic E-state index is -0.125. The summed E-state index contributed by atoms with van der Waals surface area (Å²) in [7, 11) is 2.13. The molecule has 8 aliphatic heterocycles. The monoisotopic (exact) mass is 2290 g/mol. The molecule has 6 aromatic heterocycles. The Balaban J connectivity index is 0.000000113. The van der Waals surface area contributed by atoms with E-state index in [1.54, 1.807) is 12.4 Å². The van der Waals surface area contributed by atoms with E-state index in [9.17, 15) is 4.79 Å². The van der Waals surface area contributed by atoms with Crippen LogP contribution in [0.5, 0.6) is 5.75 Å². The molecule has 20 aromatic rings. The molecule has 0 aliphatic carbocycles. The van der Waals surface area contributed by atoms with Gasteiger partial charge in [-0.1, -0.05) is 296 Å². The smallest absolute Gasteiger partial charge is 0.294 e. The molecule has 0 saturated heterocycles. The Bertz CT molecular complexity index is 8400. The second-order valence-electron chi connectivity index (χ2n) is 37.9. The molecule has 2 atom stereocenters. The van der Waals surface area contributed by atoms with Crippen LogP contribution in [-0.4, -0.2) is 69.5 Å². The normalized spacial score (nSPS) is 14.3. The maximum absolute atomic E-state index is 10.0. The number of hydrogen-bond acceptors (Lipinski definition) is 12. The van der Waals surface area contributed by atoms with Gasteiger partial charge in [-0.3, -0.25) is 14.8 Å². The number of aliphatic hydroxyl groups excluding tert-OH is 1. The van der Waals surface area contributed by atoms with Gasteiger partial charge in [-0.2, -0.15) is 4.57 Å². The molecule has 14 aromatic carbocycles. The minimum Gasteiger partial charge on any atom is -0.527 e. The second-order valence-corrected chi connectivity index (χ2v) is 37.9. The maximum Gasteiger partial charge on any atom is 0.294 e. The molecule has 8 aliphatic rings. The number of likely N-dealkylation sites (N-methyl/N-ethyl adjacent to an activating group) is 1. The first-order chi connectivity index (χ1) is 70.9. The second kappa shape index (κ2) is 45.1.